The van der Waals surface area contributed by atoms with Gasteiger partial charge in [0, 0.05) is 11.1 Å². The SMILES string of the molecule is O=C(c1ccccc1)C(OC(=O)C1(c2ccc(F)cc2)CCCC1)c1ccccc1. The summed E-state index contributed by atoms with van der Waals surface area (Å²) in [5, 5.41) is 0. The number of benzene rings is 3. The Balaban J connectivity index is 1.69. The van der Waals surface area contributed by atoms with Crippen LogP contribution in [0.3, 0.4) is 0 Å². The van der Waals surface area contributed by atoms with Crippen molar-refractivity contribution < 1.29 is 18.7 Å². The molecule has 1 fully saturated rings. The number of Topliss-reactive ketones (excluding diaryl/α,β-unsaturated/α-hetero) is 1. The Kier molecular flexibility index (Phi) is 5.75. The lowest BCUT2D eigenvalue weighted by atomic mass is 9.79. The van der Waals surface area contributed by atoms with Gasteiger partial charge in [-0.2, -0.15) is 0 Å². The summed E-state index contributed by atoms with van der Waals surface area (Å²) in [6.07, 6.45) is 1.99. The molecule has 0 radical (unpaired) electrons. The molecule has 1 atom stereocenters. The van der Waals surface area contributed by atoms with E-state index in [1.165, 1.54) is 12.1 Å². The van der Waals surface area contributed by atoms with Crippen LogP contribution in [-0.4, -0.2) is 11.8 Å². The van der Waals surface area contributed by atoms with Gasteiger partial charge in [-0.1, -0.05) is 85.6 Å². The molecular weight excluding hydrogens is 379 g/mol. The molecule has 1 saturated carbocycles. The van der Waals surface area contributed by atoms with E-state index in [-0.39, 0.29) is 11.6 Å². The maximum absolute atomic E-state index is 13.5. The van der Waals surface area contributed by atoms with Crippen LogP contribution in [0.2, 0.25) is 0 Å². The topological polar surface area (TPSA) is 43.4 Å². The van der Waals surface area contributed by atoms with Crippen LogP contribution in [-0.2, 0) is 14.9 Å². The maximum Gasteiger partial charge on any atom is 0.317 e. The van der Waals surface area contributed by atoms with Gasteiger partial charge in [0.05, 0.1) is 5.41 Å². The van der Waals surface area contributed by atoms with E-state index in [1.807, 2.05) is 24.3 Å². The van der Waals surface area contributed by atoms with Gasteiger partial charge in [0.2, 0.25) is 5.78 Å². The second-order valence-electron chi connectivity index (χ2n) is 7.72. The number of carbonyl (C=O) groups is 2. The molecule has 3 nitrogen and oxygen atoms in total. The van der Waals surface area contributed by atoms with Gasteiger partial charge in [-0.05, 0) is 30.5 Å². The molecule has 0 aliphatic heterocycles. The quantitative estimate of drug-likeness (QED) is 0.386. The fraction of sp³-hybridized carbons (Fsp3) is 0.231. The molecule has 0 spiro atoms. The van der Waals surface area contributed by atoms with E-state index in [1.54, 1.807) is 48.5 Å². The number of carbonyl (C=O) groups excluding carboxylic acids is 2. The molecule has 0 amide bonds. The molecule has 3 aromatic rings. The number of hydrogen-bond acceptors (Lipinski definition) is 3. The molecule has 1 aliphatic carbocycles. The first-order valence-corrected chi connectivity index (χ1v) is 10.2. The van der Waals surface area contributed by atoms with E-state index < -0.39 is 17.5 Å². The van der Waals surface area contributed by atoms with E-state index in [2.05, 4.69) is 0 Å². The molecule has 0 bridgehead atoms. The summed E-state index contributed by atoms with van der Waals surface area (Å²) in [6, 6.07) is 24.0. The van der Waals surface area contributed by atoms with E-state index in [0.717, 1.165) is 18.4 Å². The molecule has 3 aromatic carbocycles. The third kappa shape index (κ3) is 3.90. The molecule has 152 valence electrons. The van der Waals surface area contributed by atoms with Crippen molar-refractivity contribution in [2.75, 3.05) is 0 Å². The largest absolute Gasteiger partial charge is 0.448 e. The van der Waals surface area contributed by atoms with Crippen molar-refractivity contribution in [3.05, 3.63) is 107 Å². The van der Waals surface area contributed by atoms with Crippen molar-refractivity contribution in [3.8, 4) is 0 Å². The van der Waals surface area contributed by atoms with Crippen LogP contribution in [0.5, 0.6) is 0 Å². The Morgan fingerprint density at radius 1 is 0.800 bits per heavy atom. The third-order valence-corrected chi connectivity index (χ3v) is 5.87. The number of ketones is 1. The minimum absolute atomic E-state index is 0.262. The first kappa shape index (κ1) is 20.0. The highest BCUT2D eigenvalue weighted by atomic mass is 19.1. The van der Waals surface area contributed by atoms with Gasteiger partial charge in [-0.25, -0.2) is 4.39 Å². The fourth-order valence-corrected chi connectivity index (χ4v) is 4.23. The van der Waals surface area contributed by atoms with E-state index in [0.29, 0.717) is 24.0 Å². The van der Waals surface area contributed by atoms with Crippen molar-refractivity contribution in [1.29, 1.82) is 0 Å². The highest BCUT2D eigenvalue weighted by molar-refractivity contribution is 6.01. The Morgan fingerprint density at radius 2 is 1.37 bits per heavy atom. The number of ether oxygens (including phenoxy) is 1. The van der Waals surface area contributed by atoms with Crippen LogP contribution in [0.15, 0.2) is 84.9 Å². The smallest absolute Gasteiger partial charge is 0.317 e. The normalized spacial score (nSPS) is 16.0. The maximum atomic E-state index is 13.5. The predicted molar refractivity (Wildman–Crippen MR) is 113 cm³/mol. The van der Waals surface area contributed by atoms with Crippen molar-refractivity contribution in [2.24, 2.45) is 0 Å². The van der Waals surface area contributed by atoms with E-state index in [9.17, 15) is 14.0 Å². The van der Waals surface area contributed by atoms with Crippen LogP contribution in [0, 0.1) is 5.82 Å². The van der Waals surface area contributed by atoms with Gasteiger partial charge in [0.1, 0.15) is 5.82 Å². The molecule has 4 heteroatoms. The average Bonchev–Trinajstić information content (AvgIpc) is 3.30. The third-order valence-electron chi connectivity index (χ3n) is 5.87. The first-order chi connectivity index (χ1) is 14.6. The standard InChI is InChI=1S/C26H23FO3/c27-22-15-13-21(14-16-22)26(17-7-8-18-26)25(29)30-24(20-11-5-2-6-12-20)23(28)19-9-3-1-4-10-19/h1-6,9-16,24H,7-8,17-18H2. The first-order valence-electron chi connectivity index (χ1n) is 10.2. The Bertz CT molecular complexity index is 1010. The molecular formula is C26H23FO3. The molecule has 4 rings (SSSR count). The van der Waals surface area contributed by atoms with Gasteiger partial charge in [0.25, 0.3) is 0 Å². The van der Waals surface area contributed by atoms with E-state index >= 15 is 0 Å². The highest BCUT2D eigenvalue weighted by Crippen LogP contribution is 2.43. The average molecular weight is 402 g/mol. The molecule has 0 N–H and O–H groups in total. The van der Waals surface area contributed by atoms with Crippen molar-refractivity contribution in [1.82, 2.24) is 0 Å². The van der Waals surface area contributed by atoms with Gasteiger partial charge in [-0.3, -0.25) is 9.59 Å². The van der Waals surface area contributed by atoms with Crippen LogP contribution >= 0.6 is 0 Å². The second kappa shape index (κ2) is 8.62. The highest BCUT2D eigenvalue weighted by Gasteiger charge is 2.45. The fourth-order valence-electron chi connectivity index (χ4n) is 4.23. The lowest BCUT2D eigenvalue weighted by Crippen LogP contribution is -2.37. The van der Waals surface area contributed by atoms with Crippen molar-refractivity contribution >= 4 is 11.8 Å². The zero-order chi connectivity index (χ0) is 21.0. The van der Waals surface area contributed by atoms with Crippen LogP contribution in [0.1, 0.15) is 53.3 Å². The minimum Gasteiger partial charge on any atom is -0.448 e. The molecule has 30 heavy (non-hydrogen) atoms. The molecule has 1 aliphatic rings. The summed E-state index contributed by atoms with van der Waals surface area (Å²) < 4.78 is 19.4. The van der Waals surface area contributed by atoms with Gasteiger partial charge < -0.3 is 4.74 Å². The van der Waals surface area contributed by atoms with Crippen molar-refractivity contribution in [3.63, 3.8) is 0 Å². The molecule has 0 saturated heterocycles. The second-order valence-corrected chi connectivity index (χ2v) is 7.72. The van der Waals surface area contributed by atoms with Crippen molar-refractivity contribution in [2.45, 2.75) is 37.2 Å². The summed E-state index contributed by atoms with van der Waals surface area (Å²) in [7, 11) is 0. The van der Waals surface area contributed by atoms with Gasteiger partial charge >= 0.3 is 5.97 Å². The summed E-state index contributed by atoms with van der Waals surface area (Å²) in [4.78, 5) is 26.8. The summed E-state index contributed by atoms with van der Waals surface area (Å²) in [5.74, 6) is -1.03. The molecule has 0 heterocycles. The Hall–Kier alpha value is -3.27. The van der Waals surface area contributed by atoms with Crippen LogP contribution < -0.4 is 0 Å². The number of esters is 1. The van der Waals surface area contributed by atoms with E-state index in [4.69, 9.17) is 4.74 Å². The predicted octanol–water partition coefficient (Wildman–Crippen LogP) is 5.80. The van der Waals surface area contributed by atoms with Crippen LogP contribution in [0.4, 0.5) is 4.39 Å². The Labute approximate surface area is 175 Å². The zero-order valence-corrected chi connectivity index (χ0v) is 16.6. The number of hydrogen-bond donors (Lipinski definition) is 0. The number of rotatable bonds is 6. The Morgan fingerprint density at radius 3 is 1.97 bits per heavy atom. The zero-order valence-electron chi connectivity index (χ0n) is 16.6. The summed E-state index contributed by atoms with van der Waals surface area (Å²) in [5.41, 5.74) is 1.01. The lowest BCUT2D eigenvalue weighted by molar-refractivity contribution is -0.154. The van der Waals surface area contributed by atoms with Gasteiger partial charge in [-0.15, -0.1) is 0 Å². The van der Waals surface area contributed by atoms with Crippen LogP contribution in [0.25, 0.3) is 0 Å². The monoisotopic (exact) mass is 402 g/mol. The van der Waals surface area contributed by atoms with Gasteiger partial charge in [0.15, 0.2) is 6.10 Å². The summed E-state index contributed by atoms with van der Waals surface area (Å²) >= 11 is 0. The summed E-state index contributed by atoms with van der Waals surface area (Å²) in [6.45, 7) is 0. The number of halogens is 1. The minimum atomic E-state index is -1.03. The molecule has 1 unspecified atom stereocenters. The molecule has 0 aromatic heterocycles. The lowest BCUT2D eigenvalue weighted by Gasteiger charge is -2.29.